The molecule has 112 valence electrons. The van der Waals surface area contributed by atoms with Crippen LogP contribution in [0.4, 0.5) is 8.78 Å². The molecule has 0 spiro atoms. The van der Waals surface area contributed by atoms with Crippen molar-refractivity contribution in [1.82, 2.24) is 4.90 Å². The number of hydrogen-bond donors (Lipinski definition) is 1. The zero-order valence-corrected chi connectivity index (χ0v) is 13.1. The Kier molecular flexibility index (Phi) is 5.22. The van der Waals surface area contributed by atoms with Gasteiger partial charge in [-0.2, -0.15) is 0 Å². The van der Waals surface area contributed by atoms with E-state index in [4.69, 9.17) is 5.14 Å². The van der Waals surface area contributed by atoms with Crippen LogP contribution in [0.5, 0.6) is 0 Å². The molecule has 0 radical (unpaired) electrons. The van der Waals surface area contributed by atoms with E-state index in [0.717, 1.165) is 11.0 Å². The Bertz CT molecular complexity index is 635. The summed E-state index contributed by atoms with van der Waals surface area (Å²) in [5.41, 5.74) is 0.315. The molecule has 0 saturated heterocycles. The summed E-state index contributed by atoms with van der Waals surface area (Å²) in [6, 6.07) is 2.45. The van der Waals surface area contributed by atoms with Gasteiger partial charge in [0.1, 0.15) is 0 Å². The van der Waals surface area contributed by atoms with Crippen molar-refractivity contribution >= 4 is 31.9 Å². The third kappa shape index (κ3) is 3.97. The smallest absolute Gasteiger partial charge is 0.255 e. The molecule has 1 aromatic rings. The number of alkyl halides is 2. The first-order chi connectivity index (χ1) is 9.04. The normalized spacial score (nSPS) is 11.8. The fourth-order valence-corrected chi connectivity index (χ4v) is 3.00. The molecule has 0 aliphatic heterocycles. The number of rotatable bonds is 4. The first-order valence-electron chi connectivity index (χ1n) is 5.40. The van der Waals surface area contributed by atoms with E-state index in [1.165, 1.54) is 20.0 Å². The zero-order valence-electron chi connectivity index (χ0n) is 10.7. The summed E-state index contributed by atoms with van der Waals surface area (Å²) >= 11 is 3.12. The summed E-state index contributed by atoms with van der Waals surface area (Å²) in [7, 11) is -2.80. The Morgan fingerprint density at radius 2 is 2.00 bits per heavy atom. The minimum absolute atomic E-state index is 0.0327. The van der Waals surface area contributed by atoms with Crippen molar-refractivity contribution in [3.63, 3.8) is 0 Å². The van der Waals surface area contributed by atoms with E-state index in [9.17, 15) is 22.0 Å². The molecule has 1 amide bonds. The third-order valence-electron chi connectivity index (χ3n) is 2.61. The molecule has 0 heterocycles. The molecule has 1 rings (SSSR count). The van der Waals surface area contributed by atoms with Crippen LogP contribution in [0.3, 0.4) is 0 Å². The lowest BCUT2D eigenvalue weighted by molar-refractivity contribution is 0.0620. The lowest BCUT2D eigenvalue weighted by Gasteiger charge is -2.17. The maximum Gasteiger partial charge on any atom is 0.255 e. The Morgan fingerprint density at radius 3 is 2.45 bits per heavy atom. The summed E-state index contributed by atoms with van der Waals surface area (Å²) in [5.74, 6) is -0.712. The number of halogens is 3. The standard InChI is InChI=1S/C11H13BrF2N2O3S/c1-6-8(12)3-7(4-9(6)20(15,18)19)11(17)16(2)5-10(13)14/h3-4,10H,5H2,1-2H3,(H2,15,18,19). The van der Waals surface area contributed by atoms with Gasteiger partial charge in [0, 0.05) is 17.1 Å². The molecule has 20 heavy (non-hydrogen) atoms. The van der Waals surface area contributed by atoms with Crippen LogP contribution in [0.2, 0.25) is 0 Å². The highest BCUT2D eigenvalue weighted by Gasteiger charge is 2.21. The second kappa shape index (κ2) is 6.15. The summed E-state index contributed by atoms with van der Waals surface area (Å²) < 4.78 is 47.7. The van der Waals surface area contributed by atoms with E-state index in [1.54, 1.807) is 0 Å². The number of sulfonamides is 1. The van der Waals surface area contributed by atoms with Crippen LogP contribution in [0.1, 0.15) is 15.9 Å². The predicted molar refractivity (Wildman–Crippen MR) is 73.2 cm³/mol. The number of carbonyl (C=O) groups is 1. The Hall–Kier alpha value is -1.06. The number of primary sulfonamides is 1. The fraction of sp³-hybridized carbons (Fsp3) is 0.364. The van der Waals surface area contributed by atoms with Crippen LogP contribution < -0.4 is 5.14 Å². The lowest BCUT2D eigenvalue weighted by atomic mass is 10.1. The Morgan fingerprint density at radius 1 is 1.45 bits per heavy atom. The number of nitrogens with zero attached hydrogens (tertiary/aromatic N) is 1. The zero-order chi connectivity index (χ0) is 15.7. The first kappa shape index (κ1) is 17.0. The number of benzene rings is 1. The molecule has 0 fully saturated rings. The summed E-state index contributed by atoms with van der Waals surface area (Å²) in [5, 5.41) is 5.06. The molecule has 0 aliphatic rings. The van der Waals surface area contributed by atoms with Crippen molar-refractivity contribution in [2.24, 2.45) is 5.14 Å². The molecule has 0 atom stereocenters. The van der Waals surface area contributed by atoms with Gasteiger partial charge in [0.2, 0.25) is 10.0 Å². The molecule has 2 N–H and O–H groups in total. The molecule has 0 aromatic heterocycles. The van der Waals surface area contributed by atoms with Crippen molar-refractivity contribution in [2.75, 3.05) is 13.6 Å². The van der Waals surface area contributed by atoms with E-state index in [2.05, 4.69) is 15.9 Å². The van der Waals surface area contributed by atoms with Crippen molar-refractivity contribution in [3.05, 3.63) is 27.7 Å². The topological polar surface area (TPSA) is 80.5 Å². The minimum Gasteiger partial charge on any atom is -0.336 e. The molecule has 0 saturated carbocycles. The SMILES string of the molecule is Cc1c(Br)cc(C(=O)N(C)CC(F)F)cc1S(N)(=O)=O. The molecule has 0 unspecified atom stereocenters. The van der Waals surface area contributed by atoms with E-state index in [1.807, 2.05) is 0 Å². The minimum atomic E-state index is -4.01. The highest BCUT2D eigenvalue weighted by Crippen LogP contribution is 2.25. The van der Waals surface area contributed by atoms with Crippen molar-refractivity contribution < 1.29 is 22.0 Å². The Labute approximate surface area is 123 Å². The average molecular weight is 371 g/mol. The van der Waals surface area contributed by atoms with Gasteiger partial charge in [0.15, 0.2) is 0 Å². The van der Waals surface area contributed by atoms with Gasteiger partial charge >= 0.3 is 0 Å². The van der Waals surface area contributed by atoms with E-state index < -0.39 is 28.9 Å². The average Bonchev–Trinajstić information content (AvgIpc) is 2.29. The highest BCUT2D eigenvalue weighted by molar-refractivity contribution is 9.10. The molecule has 5 nitrogen and oxygen atoms in total. The van der Waals surface area contributed by atoms with Crippen LogP contribution >= 0.6 is 15.9 Å². The third-order valence-corrected chi connectivity index (χ3v) is 4.47. The number of nitrogens with two attached hydrogens (primary N) is 1. The van der Waals surface area contributed by atoms with Gasteiger partial charge in [-0.25, -0.2) is 22.3 Å². The fourth-order valence-electron chi connectivity index (χ4n) is 1.58. The van der Waals surface area contributed by atoms with Gasteiger partial charge in [-0.1, -0.05) is 15.9 Å². The van der Waals surface area contributed by atoms with Crippen LogP contribution in [0.25, 0.3) is 0 Å². The quantitative estimate of drug-likeness (QED) is 0.876. The van der Waals surface area contributed by atoms with Crippen molar-refractivity contribution in [2.45, 2.75) is 18.2 Å². The molecule has 1 aromatic carbocycles. The largest absolute Gasteiger partial charge is 0.336 e. The maximum atomic E-state index is 12.3. The van der Waals surface area contributed by atoms with Gasteiger partial charge in [-0.05, 0) is 24.6 Å². The van der Waals surface area contributed by atoms with E-state index >= 15 is 0 Å². The molecule has 0 aliphatic carbocycles. The molecular formula is C11H13BrF2N2O3S. The van der Waals surface area contributed by atoms with E-state index in [0.29, 0.717) is 10.0 Å². The molecule has 0 bridgehead atoms. The van der Waals surface area contributed by atoms with Crippen LogP contribution in [-0.4, -0.2) is 39.2 Å². The van der Waals surface area contributed by atoms with Crippen LogP contribution in [-0.2, 0) is 10.0 Å². The second-order valence-corrected chi connectivity index (χ2v) is 6.59. The van der Waals surface area contributed by atoms with Gasteiger partial charge in [0.25, 0.3) is 12.3 Å². The summed E-state index contributed by atoms with van der Waals surface area (Å²) in [6.07, 6.45) is -2.67. The van der Waals surface area contributed by atoms with Gasteiger partial charge in [0.05, 0.1) is 11.4 Å². The lowest BCUT2D eigenvalue weighted by Crippen LogP contribution is -2.31. The van der Waals surface area contributed by atoms with Crippen LogP contribution in [0.15, 0.2) is 21.5 Å². The molecule has 9 heteroatoms. The Balaban J connectivity index is 3.28. The summed E-state index contributed by atoms with van der Waals surface area (Å²) in [4.78, 5) is 12.6. The number of carbonyl (C=O) groups excluding carboxylic acids is 1. The number of amides is 1. The van der Waals surface area contributed by atoms with Crippen LogP contribution in [0, 0.1) is 6.92 Å². The second-order valence-electron chi connectivity index (χ2n) is 4.20. The molecular weight excluding hydrogens is 358 g/mol. The van der Waals surface area contributed by atoms with Gasteiger partial charge < -0.3 is 4.90 Å². The maximum absolute atomic E-state index is 12.3. The van der Waals surface area contributed by atoms with Crippen molar-refractivity contribution in [1.29, 1.82) is 0 Å². The van der Waals surface area contributed by atoms with Crippen molar-refractivity contribution in [3.8, 4) is 0 Å². The first-order valence-corrected chi connectivity index (χ1v) is 7.74. The highest BCUT2D eigenvalue weighted by atomic mass is 79.9. The number of hydrogen-bond acceptors (Lipinski definition) is 3. The summed E-state index contributed by atoms with van der Waals surface area (Å²) in [6.45, 7) is 0.774. The predicted octanol–water partition coefficient (Wildman–Crippen LogP) is 1.74. The van der Waals surface area contributed by atoms with Gasteiger partial charge in [-0.3, -0.25) is 4.79 Å². The van der Waals surface area contributed by atoms with Gasteiger partial charge in [-0.15, -0.1) is 0 Å². The van der Waals surface area contributed by atoms with E-state index in [-0.39, 0.29) is 10.5 Å². The monoisotopic (exact) mass is 370 g/mol.